The first-order valence-corrected chi connectivity index (χ1v) is 7.44. The van der Waals surface area contributed by atoms with Crippen molar-refractivity contribution in [1.82, 2.24) is 16.0 Å². The fourth-order valence-corrected chi connectivity index (χ4v) is 2.58. The molecule has 0 saturated heterocycles. The molecule has 120 valence electrons. The molecular formula is C14H25N3O4. The minimum absolute atomic E-state index is 0.00232. The van der Waals surface area contributed by atoms with Crippen molar-refractivity contribution in [3.63, 3.8) is 0 Å². The highest BCUT2D eigenvalue weighted by Crippen LogP contribution is 2.31. The maximum absolute atomic E-state index is 11.6. The minimum atomic E-state index is -0.787. The second-order valence-corrected chi connectivity index (χ2v) is 5.74. The number of nitrogens with one attached hydrogen (secondary N) is 3. The van der Waals surface area contributed by atoms with Gasteiger partial charge in [0.2, 0.25) is 5.91 Å². The molecule has 2 atom stereocenters. The Kier molecular flexibility index (Phi) is 6.98. The Morgan fingerprint density at radius 2 is 1.90 bits per heavy atom. The first kappa shape index (κ1) is 17.3. The van der Waals surface area contributed by atoms with E-state index in [1.54, 1.807) is 0 Å². The summed E-state index contributed by atoms with van der Waals surface area (Å²) in [6, 6.07) is -0.273. The lowest BCUT2D eigenvalue weighted by atomic mass is 9.96. The molecule has 0 aliphatic heterocycles. The van der Waals surface area contributed by atoms with Crippen molar-refractivity contribution in [2.45, 2.75) is 45.6 Å². The van der Waals surface area contributed by atoms with Gasteiger partial charge in [0.25, 0.3) is 0 Å². The smallest absolute Gasteiger partial charge is 0.314 e. The maximum atomic E-state index is 11.6. The third-order valence-corrected chi connectivity index (χ3v) is 3.59. The van der Waals surface area contributed by atoms with Gasteiger partial charge >= 0.3 is 12.0 Å². The fourth-order valence-electron chi connectivity index (χ4n) is 2.58. The van der Waals surface area contributed by atoms with Crippen molar-refractivity contribution in [2.75, 3.05) is 13.1 Å². The Hall–Kier alpha value is -1.79. The van der Waals surface area contributed by atoms with Gasteiger partial charge in [-0.05, 0) is 32.6 Å². The van der Waals surface area contributed by atoms with Crippen molar-refractivity contribution in [1.29, 1.82) is 0 Å². The van der Waals surface area contributed by atoms with E-state index in [9.17, 15) is 14.4 Å². The van der Waals surface area contributed by atoms with Crippen molar-refractivity contribution < 1.29 is 19.5 Å². The predicted octanol–water partition coefficient (Wildman–Crippen LogP) is 0.701. The van der Waals surface area contributed by atoms with Crippen LogP contribution >= 0.6 is 0 Å². The van der Waals surface area contributed by atoms with Crippen LogP contribution in [0.15, 0.2) is 0 Å². The number of amides is 3. The maximum Gasteiger partial charge on any atom is 0.314 e. The molecule has 1 aliphatic rings. The summed E-state index contributed by atoms with van der Waals surface area (Å²) in [5, 5.41) is 17.1. The molecule has 1 rings (SSSR count). The third-order valence-electron chi connectivity index (χ3n) is 3.59. The van der Waals surface area contributed by atoms with E-state index in [2.05, 4.69) is 16.0 Å². The Labute approximate surface area is 124 Å². The Morgan fingerprint density at radius 1 is 1.19 bits per heavy atom. The quantitative estimate of drug-likeness (QED) is 0.555. The molecule has 21 heavy (non-hydrogen) atoms. The molecule has 0 aromatic carbocycles. The molecule has 1 aliphatic carbocycles. The van der Waals surface area contributed by atoms with Crippen LogP contribution in [-0.4, -0.2) is 42.1 Å². The molecule has 0 aromatic rings. The minimum Gasteiger partial charge on any atom is -0.481 e. The zero-order valence-corrected chi connectivity index (χ0v) is 12.6. The number of carboxylic acid groups (broad SMARTS) is 1. The molecule has 4 N–H and O–H groups in total. The fraction of sp³-hybridized carbons (Fsp3) is 0.786. The lowest BCUT2D eigenvalue weighted by Crippen LogP contribution is -2.41. The van der Waals surface area contributed by atoms with Crippen molar-refractivity contribution in [3.8, 4) is 0 Å². The number of carboxylic acids is 1. The highest BCUT2D eigenvalue weighted by molar-refractivity contribution is 5.78. The number of rotatable bonds is 7. The summed E-state index contributed by atoms with van der Waals surface area (Å²) in [5.74, 6) is -1.25. The van der Waals surface area contributed by atoms with Gasteiger partial charge in [-0.1, -0.05) is 6.42 Å². The van der Waals surface area contributed by atoms with Crippen molar-refractivity contribution in [2.24, 2.45) is 11.8 Å². The Morgan fingerprint density at radius 3 is 2.52 bits per heavy atom. The molecule has 1 saturated carbocycles. The highest BCUT2D eigenvalue weighted by Gasteiger charge is 2.32. The van der Waals surface area contributed by atoms with E-state index in [-0.39, 0.29) is 42.8 Å². The van der Waals surface area contributed by atoms with Crippen molar-refractivity contribution in [3.05, 3.63) is 0 Å². The molecular weight excluding hydrogens is 274 g/mol. The number of carbonyl (C=O) groups excluding carboxylic acids is 2. The van der Waals surface area contributed by atoms with Crippen LogP contribution in [0.5, 0.6) is 0 Å². The third kappa shape index (κ3) is 6.46. The molecule has 3 amide bonds. The number of carbonyl (C=O) groups is 3. The number of aliphatic carboxylic acids is 1. The molecule has 0 radical (unpaired) electrons. The van der Waals surface area contributed by atoms with Crippen LogP contribution in [0.4, 0.5) is 4.79 Å². The van der Waals surface area contributed by atoms with E-state index in [1.807, 2.05) is 13.8 Å². The normalized spacial score (nSPS) is 21.1. The van der Waals surface area contributed by atoms with Gasteiger partial charge in [0.05, 0.1) is 5.92 Å². The molecule has 2 unspecified atom stereocenters. The van der Waals surface area contributed by atoms with Gasteiger partial charge in [0.15, 0.2) is 0 Å². The Balaban J connectivity index is 2.17. The lowest BCUT2D eigenvalue weighted by molar-refractivity contribution is -0.142. The second-order valence-electron chi connectivity index (χ2n) is 5.74. The standard InChI is InChI=1S/C14H25N3O4/c1-9(2)17-12(18)6-7-15-14(21)16-8-10-4-3-5-11(10)13(19)20/h9-11H,3-8H2,1-2H3,(H,17,18)(H,19,20)(H2,15,16,21). The SMILES string of the molecule is CC(C)NC(=O)CCNC(=O)NCC1CCCC1C(=O)O. The van der Waals surface area contributed by atoms with E-state index < -0.39 is 5.97 Å². The van der Waals surface area contributed by atoms with Crippen LogP contribution in [-0.2, 0) is 9.59 Å². The first-order chi connectivity index (χ1) is 9.90. The number of urea groups is 1. The van der Waals surface area contributed by atoms with Crippen LogP contribution in [0.1, 0.15) is 39.5 Å². The highest BCUT2D eigenvalue weighted by atomic mass is 16.4. The van der Waals surface area contributed by atoms with E-state index in [0.29, 0.717) is 13.0 Å². The summed E-state index contributed by atoms with van der Waals surface area (Å²) >= 11 is 0. The van der Waals surface area contributed by atoms with E-state index in [4.69, 9.17) is 5.11 Å². The molecule has 0 bridgehead atoms. The molecule has 7 nitrogen and oxygen atoms in total. The van der Waals surface area contributed by atoms with Gasteiger partial charge in [-0.25, -0.2) is 4.79 Å². The van der Waals surface area contributed by atoms with E-state index in [0.717, 1.165) is 12.8 Å². The molecule has 0 heterocycles. The summed E-state index contributed by atoms with van der Waals surface area (Å²) in [7, 11) is 0. The van der Waals surface area contributed by atoms with Crippen LogP contribution in [0.25, 0.3) is 0 Å². The second kappa shape index (κ2) is 8.49. The van der Waals surface area contributed by atoms with Gasteiger partial charge in [-0.2, -0.15) is 0 Å². The van der Waals surface area contributed by atoms with Crippen LogP contribution in [0, 0.1) is 11.8 Å². The van der Waals surface area contributed by atoms with Gasteiger partial charge in [-0.3, -0.25) is 9.59 Å². The number of hydrogen-bond donors (Lipinski definition) is 4. The van der Waals surface area contributed by atoms with Gasteiger partial charge in [0, 0.05) is 25.6 Å². The van der Waals surface area contributed by atoms with Gasteiger partial charge < -0.3 is 21.1 Å². The topological polar surface area (TPSA) is 108 Å². The molecule has 7 heteroatoms. The monoisotopic (exact) mass is 299 g/mol. The lowest BCUT2D eigenvalue weighted by Gasteiger charge is -2.16. The summed E-state index contributed by atoms with van der Waals surface area (Å²) < 4.78 is 0. The van der Waals surface area contributed by atoms with Crippen molar-refractivity contribution >= 4 is 17.9 Å². The molecule has 0 spiro atoms. The van der Waals surface area contributed by atoms with Crippen LogP contribution < -0.4 is 16.0 Å². The Bertz CT molecular complexity index is 384. The van der Waals surface area contributed by atoms with E-state index in [1.165, 1.54) is 0 Å². The largest absolute Gasteiger partial charge is 0.481 e. The summed E-state index contributed by atoms with van der Waals surface area (Å²) in [6.07, 6.45) is 2.62. The zero-order valence-electron chi connectivity index (χ0n) is 12.6. The first-order valence-electron chi connectivity index (χ1n) is 7.44. The van der Waals surface area contributed by atoms with Gasteiger partial charge in [0.1, 0.15) is 0 Å². The average molecular weight is 299 g/mol. The molecule has 1 fully saturated rings. The van der Waals surface area contributed by atoms with Crippen LogP contribution in [0.2, 0.25) is 0 Å². The molecule has 0 aromatic heterocycles. The summed E-state index contributed by atoms with van der Waals surface area (Å²) in [4.78, 5) is 34.0. The average Bonchev–Trinajstić information content (AvgIpc) is 2.83. The zero-order chi connectivity index (χ0) is 15.8. The van der Waals surface area contributed by atoms with Crippen LogP contribution in [0.3, 0.4) is 0 Å². The van der Waals surface area contributed by atoms with E-state index >= 15 is 0 Å². The number of hydrogen-bond acceptors (Lipinski definition) is 3. The predicted molar refractivity (Wildman–Crippen MR) is 77.8 cm³/mol. The van der Waals surface area contributed by atoms with Gasteiger partial charge in [-0.15, -0.1) is 0 Å². The summed E-state index contributed by atoms with van der Waals surface area (Å²) in [6.45, 7) is 4.37. The summed E-state index contributed by atoms with van der Waals surface area (Å²) in [5.41, 5.74) is 0.